The van der Waals surface area contributed by atoms with Gasteiger partial charge < -0.3 is 14.8 Å². The number of nitrogens with one attached hydrogen (secondary N) is 1. The minimum Gasteiger partial charge on any atom is -0.493 e. The van der Waals surface area contributed by atoms with Crippen LogP contribution < -0.4 is 4.74 Å². The first-order valence-electron chi connectivity index (χ1n) is 5.52. The van der Waals surface area contributed by atoms with Crippen molar-refractivity contribution in [1.29, 1.82) is 0 Å². The molecular formula is C12H14N2O3. The van der Waals surface area contributed by atoms with Crippen LogP contribution in [-0.2, 0) is 11.2 Å². The number of aromatic amines is 1. The van der Waals surface area contributed by atoms with Gasteiger partial charge in [-0.3, -0.25) is 4.79 Å². The summed E-state index contributed by atoms with van der Waals surface area (Å²) < 4.78 is 5.34. The maximum Gasteiger partial charge on any atom is 0.306 e. The zero-order chi connectivity index (χ0) is 12.3. The monoisotopic (exact) mass is 234 g/mol. The van der Waals surface area contributed by atoms with Crippen LogP contribution in [0.2, 0.25) is 0 Å². The van der Waals surface area contributed by atoms with E-state index in [1.54, 1.807) is 6.07 Å². The number of carbonyl (C=O) groups is 1. The van der Waals surface area contributed by atoms with E-state index < -0.39 is 5.97 Å². The molecule has 5 nitrogen and oxygen atoms in total. The first kappa shape index (κ1) is 11.4. The number of benzene rings is 1. The summed E-state index contributed by atoms with van der Waals surface area (Å²) in [5.74, 6) is 0.730. The van der Waals surface area contributed by atoms with Crippen molar-refractivity contribution in [2.45, 2.75) is 19.8 Å². The fraction of sp³-hybridized carbons (Fsp3) is 0.333. The Morgan fingerprint density at radius 1 is 1.53 bits per heavy atom. The van der Waals surface area contributed by atoms with Crippen LogP contribution in [0, 0.1) is 0 Å². The summed E-state index contributed by atoms with van der Waals surface area (Å²) in [6.07, 6.45) is 0.852. The van der Waals surface area contributed by atoms with E-state index in [9.17, 15) is 4.79 Å². The SMILES string of the molecule is CCc1nc2ccc(OCCC(=O)O)cc2[nH]1. The lowest BCUT2D eigenvalue weighted by Gasteiger charge is -2.03. The number of aryl methyl sites for hydroxylation is 1. The third-order valence-electron chi connectivity index (χ3n) is 2.42. The molecular weight excluding hydrogens is 220 g/mol. The summed E-state index contributed by atoms with van der Waals surface area (Å²) in [7, 11) is 0. The molecule has 0 bridgehead atoms. The highest BCUT2D eigenvalue weighted by Crippen LogP contribution is 2.19. The van der Waals surface area contributed by atoms with Crippen molar-refractivity contribution in [3.05, 3.63) is 24.0 Å². The first-order chi connectivity index (χ1) is 8.19. The fourth-order valence-electron chi connectivity index (χ4n) is 1.55. The number of imidazole rings is 1. The van der Waals surface area contributed by atoms with Crippen molar-refractivity contribution >= 4 is 17.0 Å². The Morgan fingerprint density at radius 3 is 3.06 bits per heavy atom. The normalized spacial score (nSPS) is 10.6. The molecule has 0 radical (unpaired) electrons. The van der Waals surface area contributed by atoms with Crippen LogP contribution in [0.5, 0.6) is 5.75 Å². The second-order valence-corrected chi connectivity index (χ2v) is 3.71. The maximum absolute atomic E-state index is 10.3. The van der Waals surface area contributed by atoms with Crippen LogP contribution in [0.3, 0.4) is 0 Å². The topological polar surface area (TPSA) is 75.2 Å². The number of hydrogen-bond donors (Lipinski definition) is 2. The number of carboxylic acids is 1. The summed E-state index contributed by atoms with van der Waals surface area (Å²) in [5.41, 5.74) is 1.81. The van der Waals surface area contributed by atoms with Gasteiger partial charge in [-0.05, 0) is 12.1 Å². The number of carboxylic acid groups (broad SMARTS) is 1. The van der Waals surface area contributed by atoms with Gasteiger partial charge in [-0.2, -0.15) is 0 Å². The molecule has 0 aliphatic carbocycles. The molecule has 0 saturated carbocycles. The summed E-state index contributed by atoms with van der Waals surface area (Å²) in [6, 6.07) is 5.49. The van der Waals surface area contributed by atoms with E-state index in [1.165, 1.54) is 0 Å². The van der Waals surface area contributed by atoms with Crippen molar-refractivity contribution in [1.82, 2.24) is 9.97 Å². The second kappa shape index (κ2) is 4.86. The molecule has 0 aliphatic heterocycles. The van der Waals surface area contributed by atoms with Crippen LogP contribution in [-0.4, -0.2) is 27.7 Å². The first-order valence-corrected chi connectivity index (χ1v) is 5.52. The zero-order valence-corrected chi connectivity index (χ0v) is 9.56. The Kier molecular flexibility index (Phi) is 3.27. The number of H-pyrrole nitrogens is 1. The van der Waals surface area contributed by atoms with Gasteiger partial charge in [0.05, 0.1) is 24.1 Å². The predicted molar refractivity (Wildman–Crippen MR) is 63.2 cm³/mol. The molecule has 0 unspecified atom stereocenters. The summed E-state index contributed by atoms with van der Waals surface area (Å²) >= 11 is 0. The quantitative estimate of drug-likeness (QED) is 0.829. The maximum atomic E-state index is 10.3. The third-order valence-corrected chi connectivity index (χ3v) is 2.42. The van der Waals surface area contributed by atoms with Crippen molar-refractivity contribution in [2.75, 3.05) is 6.61 Å². The summed E-state index contributed by atoms with van der Waals surface area (Å²) in [6.45, 7) is 2.21. The van der Waals surface area contributed by atoms with Crippen molar-refractivity contribution in [3.63, 3.8) is 0 Å². The van der Waals surface area contributed by atoms with Gasteiger partial charge in [0.1, 0.15) is 11.6 Å². The van der Waals surface area contributed by atoms with E-state index >= 15 is 0 Å². The highest BCUT2D eigenvalue weighted by Gasteiger charge is 2.03. The molecule has 1 aromatic heterocycles. The molecule has 5 heteroatoms. The summed E-state index contributed by atoms with van der Waals surface area (Å²) in [4.78, 5) is 17.9. The van der Waals surface area contributed by atoms with Crippen molar-refractivity contribution in [3.8, 4) is 5.75 Å². The molecule has 0 saturated heterocycles. The lowest BCUT2D eigenvalue weighted by atomic mass is 10.3. The molecule has 0 amide bonds. The number of ether oxygens (including phenoxy) is 1. The van der Waals surface area contributed by atoms with Crippen LogP contribution in [0.15, 0.2) is 18.2 Å². The number of aliphatic carboxylic acids is 1. The molecule has 0 aliphatic rings. The van der Waals surface area contributed by atoms with E-state index in [0.717, 1.165) is 23.3 Å². The average molecular weight is 234 g/mol. The van der Waals surface area contributed by atoms with E-state index in [1.807, 2.05) is 19.1 Å². The predicted octanol–water partition coefficient (Wildman–Crippen LogP) is 1.98. The van der Waals surface area contributed by atoms with Gasteiger partial charge in [-0.25, -0.2) is 4.98 Å². The number of nitrogens with zero attached hydrogens (tertiary/aromatic N) is 1. The molecule has 2 rings (SSSR count). The molecule has 1 aromatic carbocycles. The van der Waals surface area contributed by atoms with Gasteiger partial charge in [-0.1, -0.05) is 6.92 Å². The fourth-order valence-corrected chi connectivity index (χ4v) is 1.55. The zero-order valence-electron chi connectivity index (χ0n) is 9.56. The Morgan fingerprint density at radius 2 is 2.35 bits per heavy atom. The molecule has 2 aromatic rings. The van der Waals surface area contributed by atoms with Gasteiger partial charge in [0.15, 0.2) is 0 Å². The average Bonchev–Trinajstić information content (AvgIpc) is 2.70. The van der Waals surface area contributed by atoms with Crippen LogP contribution in [0.1, 0.15) is 19.2 Å². The molecule has 0 fully saturated rings. The highest BCUT2D eigenvalue weighted by molar-refractivity contribution is 5.76. The molecule has 90 valence electrons. The van der Waals surface area contributed by atoms with E-state index in [2.05, 4.69) is 9.97 Å². The lowest BCUT2D eigenvalue weighted by Crippen LogP contribution is -2.04. The van der Waals surface area contributed by atoms with Gasteiger partial charge >= 0.3 is 5.97 Å². The number of rotatable bonds is 5. The minimum absolute atomic E-state index is 0.00121. The number of aromatic nitrogens is 2. The minimum atomic E-state index is -0.860. The van der Waals surface area contributed by atoms with E-state index in [0.29, 0.717) is 5.75 Å². The molecule has 2 N–H and O–H groups in total. The van der Waals surface area contributed by atoms with Crippen molar-refractivity contribution in [2.24, 2.45) is 0 Å². The van der Waals surface area contributed by atoms with E-state index in [-0.39, 0.29) is 13.0 Å². The van der Waals surface area contributed by atoms with Gasteiger partial charge in [-0.15, -0.1) is 0 Å². The van der Waals surface area contributed by atoms with Gasteiger partial charge in [0.25, 0.3) is 0 Å². The Bertz CT molecular complexity index is 534. The standard InChI is InChI=1S/C12H14N2O3/c1-2-11-13-9-4-3-8(7-10(9)14-11)17-6-5-12(15)16/h3-4,7H,2,5-6H2,1H3,(H,13,14)(H,15,16). The number of hydrogen-bond acceptors (Lipinski definition) is 3. The Hall–Kier alpha value is -2.04. The van der Waals surface area contributed by atoms with Gasteiger partial charge in [0, 0.05) is 12.5 Å². The largest absolute Gasteiger partial charge is 0.493 e. The number of fused-ring (bicyclic) bond motifs is 1. The Labute approximate surface area is 98.4 Å². The van der Waals surface area contributed by atoms with Crippen molar-refractivity contribution < 1.29 is 14.6 Å². The molecule has 1 heterocycles. The molecule has 17 heavy (non-hydrogen) atoms. The lowest BCUT2D eigenvalue weighted by molar-refractivity contribution is -0.137. The molecule has 0 spiro atoms. The van der Waals surface area contributed by atoms with Crippen LogP contribution in [0.4, 0.5) is 0 Å². The summed E-state index contributed by atoms with van der Waals surface area (Å²) in [5, 5.41) is 8.50. The molecule has 0 atom stereocenters. The Balaban J connectivity index is 2.11. The third kappa shape index (κ3) is 2.75. The van der Waals surface area contributed by atoms with E-state index in [4.69, 9.17) is 9.84 Å². The van der Waals surface area contributed by atoms with Gasteiger partial charge in [0.2, 0.25) is 0 Å². The second-order valence-electron chi connectivity index (χ2n) is 3.71. The van der Waals surface area contributed by atoms with Crippen LogP contribution in [0.25, 0.3) is 11.0 Å². The highest BCUT2D eigenvalue weighted by atomic mass is 16.5. The smallest absolute Gasteiger partial charge is 0.306 e. The van der Waals surface area contributed by atoms with Crippen LogP contribution >= 0.6 is 0 Å².